The van der Waals surface area contributed by atoms with E-state index in [1.807, 2.05) is 102 Å². The average molecular weight is 1200 g/mol. The molecule has 3 amide bonds. The number of ether oxygens (including phenoxy) is 2. The molecule has 0 radical (unpaired) electrons. The molecule has 18 nitrogen and oxygen atoms in total. The number of benzene rings is 4. The monoisotopic (exact) mass is 1200 g/mol. The predicted octanol–water partition coefficient (Wildman–Crippen LogP) is 8.67. The molecule has 5 atom stereocenters. The number of nitrogens with zero attached hydrogens (tertiary/aromatic N) is 8. The number of piperidine rings is 1. The van der Waals surface area contributed by atoms with E-state index in [4.69, 9.17) is 36.8 Å². The van der Waals surface area contributed by atoms with E-state index in [9.17, 15) is 24.6 Å². The number of halogens is 2. The molecule has 0 unspecified atom stereocenters. The van der Waals surface area contributed by atoms with Crippen molar-refractivity contribution in [2.75, 3.05) is 77.5 Å². The number of aryl methyl sites for hydroxylation is 1. The largest absolute Gasteiger partial charge is 0.508 e. The quantitative estimate of drug-likeness (QED) is 0.0319. The minimum Gasteiger partial charge on any atom is -0.508 e. The summed E-state index contributed by atoms with van der Waals surface area (Å²) in [5.74, 6) is -2.03. The fourth-order valence-corrected chi connectivity index (χ4v) is 14.2. The number of hydrogen-bond acceptors (Lipinski definition) is 16. The first-order chi connectivity index (χ1) is 40.5. The molecular weight excluding hydrogens is 1120 g/mol. The summed E-state index contributed by atoms with van der Waals surface area (Å²) in [5.41, 5.74) is 7.91. The third kappa shape index (κ3) is 12.5. The number of hydrogen-bond donors (Lipinski definition) is 4. The summed E-state index contributed by atoms with van der Waals surface area (Å²) in [6, 6.07) is 18.4. The van der Waals surface area contributed by atoms with E-state index < -0.39 is 64.4 Å². The number of Topliss-reactive ketones (excluding diaryl/α,β-unsaturated/α-hetero) is 1. The van der Waals surface area contributed by atoms with Gasteiger partial charge in [-0.15, -0.1) is 11.3 Å². The number of thiazole rings is 1. The maximum atomic E-state index is 17.3. The van der Waals surface area contributed by atoms with Crippen molar-refractivity contribution in [3.05, 3.63) is 107 Å². The van der Waals surface area contributed by atoms with Crippen LogP contribution in [0.5, 0.6) is 11.8 Å². The molecule has 0 spiro atoms. The molecule has 452 valence electrons. The number of carbonyl (C=O) groups excluding carboxylic acids is 4. The van der Waals surface area contributed by atoms with Crippen LogP contribution in [0.3, 0.4) is 0 Å². The number of phenols is 1. The van der Waals surface area contributed by atoms with Crippen molar-refractivity contribution in [3.8, 4) is 33.3 Å². The molecule has 85 heavy (non-hydrogen) atoms. The van der Waals surface area contributed by atoms with E-state index in [1.54, 1.807) is 38.8 Å². The first-order valence-electron chi connectivity index (χ1n) is 29.4. The summed E-state index contributed by atoms with van der Waals surface area (Å²) < 4.78 is 30.3. The van der Waals surface area contributed by atoms with Gasteiger partial charge in [0, 0.05) is 69.2 Å². The number of anilines is 1. The normalized spacial score (nSPS) is 20.8. The number of aliphatic hydroxyl groups excluding tert-OH is 1. The molecule has 5 N–H and O–H groups in total. The second-order valence-corrected chi connectivity index (χ2v) is 25.9. The zero-order valence-corrected chi connectivity index (χ0v) is 51.1. The van der Waals surface area contributed by atoms with Gasteiger partial charge in [-0.2, -0.15) is 9.97 Å². The van der Waals surface area contributed by atoms with Crippen LogP contribution < -0.4 is 20.7 Å². The van der Waals surface area contributed by atoms with Gasteiger partial charge in [-0.05, 0) is 136 Å². The van der Waals surface area contributed by atoms with Crippen LogP contribution in [-0.4, -0.2) is 170 Å². The molecule has 3 aliphatic heterocycles. The molecule has 6 aromatic rings. The number of aliphatic hydroxyl groups is 1. The Labute approximate surface area is 505 Å². The second-order valence-electron chi connectivity index (χ2n) is 24.7. The minimum atomic E-state index is -1.90. The summed E-state index contributed by atoms with van der Waals surface area (Å²) in [4.78, 5) is 80.4. The van der Waals surface area contributed by atoms with Crippen molar-refractivity contribution in [2.24, 2.45) is 17.1 Å². The van der Waals surface area contributed by atoms with Crippen molar-refractivity contribution in [2.45, 2.75) is 116 Å². The van der Waals surface area contributed by atoms with E-state index in [1.165, 1.54) is 12.1 Å². The molecular formula is C64H78ClFN10O8S. The van der Waals surface area contributed by atoms with E-state index in [0.29, 0.717) is 60.8 Å². The van der Waals surface area contributed by atoms with Crippen LogP contribution in [0.15, 0.2) is 84.9 Å². The van der Waals surface area contributed by atoms with Gasteiger partial charge in [-0.25, -0.2) is 9.37 Å². The van der Waals surface area contributed by atoms with Gasteiger partial charge in [0.2, 0.25) is 17.7 Å². The van der Waals surface area contributed by atoms with Crippen molar-refractivity contribution < 1.29 is 43.3 Å². The lowest BCUT2D eigenvalue weighted by molar-refractivity contribution is -0.200. The Kier molecular flexibility index (Phi) is 18.1. The Morgan fingerprint density at radius 1 is 1.00 bits per heavy atom. The number of amides is 3. The molecule has 1 saturated carbocycles. The topological polar surface area (TPSA) is 220 Å². The fraction of sp³-hybridized carbons (Fsp3) is 0.484. The fourth-order valence-electron chi connectivity index (χ4n) is 13.1. The van der Waals surface area contributed by atoms with Gasteiger partial charge < -0.3 is 40.5 Å². The lowest BCUT2D eigenvalue weighted by Gasteiger charge is -2.49. The van der Waals surface area contributed by atoms with Crippen LogP contribution in [0.25, 0.3) is 43.2 Å². The van der Waals surface area contributed by atoms with Crippen LogP contribution in [0.2, 0.25) is 5.02 Å². The molecule has 10 rings (SSSR count). The SMILES string of the molecule is C=CC(=O)N1CCN(c2nc(O[C@H](C)CN3CCC(CN(C)C4(OCC(=O)N[C@H](C(=O)[C@]5(C(N)=O)C[C@H](O)CN5[C@@H](C)c5ccc(-c6scnc6C)cc5)C(C)(C)C)CCC4)CC3)nc3c(F)c(-c4cc(O)cc5ccccc45)c(Cl)cc23)CC1. The summed E-state index contributed by atoms with van der Waals surface area (Å²) in [6.07, 6.45) is 3.91. The van der Waals surface area contributed by atoms with E-state index in [0.717, 1.165) is 78.8 Å². The predicted molar refractivity (Wildman–Crippen MR) is 329 cm³/mol. The number of piperazine rings is 1. The summed E-state index contributed by atoms with van der Waals surface area (Å²) in [6.45, 7) is 19.2. The molecule has 0 bridgehead atoms. The van der Waals surface area contributed by atoms with Crippen molar-refractivity contribution >= 4 is 73.9 Å². The maximum Gasteiger partial charge on any atom is 0.319 e. The first-order valence-corrected chi connectivity index (χ1v) is 30.7. The van der Waals surface area contributed by atoms with Crippen LogP contribution in [0.4, 0.5) is 10.2 Å². The van der Waals surface area contributed by atoms with Crippen LogP contribution in [-0.2, 0) is 23.9 Å². The third-order valence-corrected chi connectivity index (χ3v) is 19.2. The van der Waals surface area contributed by atoms with Crippen LogP contribution in [0, 0.1) is 24.1 Å². The highest BCUT2D eigenvalue weighted by Gasteiger charge is 2.60. The maximum absolute atomic E-state index is 17.3. The number of aromatic nitrogens is 3. The highest BCUT2D eigenvalue weighted by molar-refractivity contribution is 7.13. The number of nitrogens with one attached hydrogen (secondary N) is 1. The standard InChI is InChI=1S/C64H78ClFN10O8S/c1-9-52(80)74-25-27-75(28-26-74)59-49-31-50(65)53(48-30-45(77)29-44-13-10-11-14-47(44)48)54(66)55(49)70-61(71-59)84-38(2)33-73-23-19-41(20-24-73)34-72(8)63(21-12-22-63)83-36-51(79)69-57(62(5,6)7)58(81)64(60(67)82)32-46(78)35-76(64)40(4)42-15-17-43(18-16-42)56-39(3)68-37-85-56/h9-11,13-18,29-31,37-38,40-41,46,57,77-78H,1,12,19-28,32-36H2,2-8H3,(H2,67,82)(H,69,79)/t38-,40+,46+,57-,64+/m1/s1. The Morgan fingerprint density at radius 3 is 2.34 bits per heavy atom. The first kappa shape index (κ1) is 61.4. The average Bonchev–Trinajstić information content (AvgIpc) is 1.94. The Morgan fingerprint density at radius 2 is 1.71 bits per heavy atom. The van der Waals surface area contributed by atoms with Gasteiger partial charge in [0.1, 0.15) is 35.5 Å². The number of likely N-dealkylation sites (tertiary alicyclic amines) is 2. The van der Waals surface area contributed by atoms with Crippen molar-refractivity contribution in [1.29, 1.82) is 0 Å². The van der Waals surface area contributed by atoms with E-state index in [-0.39, 0.29) is 53.3 Å². The Bertz CT molecular complexity index is 3490. The minimum absolute atomic E-state index is 0.00444. The molecule has 3 saturated heterocycles. The molecule has 5 heterocycles. The third-order valence-electron chi connectivity index (χ3n) is 17.9. The van der Waals surface area contributed by atoms with Crippen molar-refractivity contribution in [1.82, 2.24) is 39.9 Å². The van der Waals surface area contributed by atoms with Gasteiger partial charge in [-0.1, -0.05) is 87.5 Å². The number of rotatable bonds is 20. The second kappa shape index (κ2) is 25.0. The van der Waals surface area contributed by atoms with Gasteiger partial charge in [0.05, 0.1) is 33.3 Å². The number of primary amides is 1. The zero-order chi connectivity index (χ0) is 60.7. The lowest BCUT2D eigenvalue weighted by Crippen LogP contribution is -2.67. The van der Waals surface area contributed by atoms with E-state index >= 15 is 9.18 Å². The highest BCUT2D eigenvalue weighted by atomic mass is 35.5. The Hall–Kier alpha value is -6.65. The summed E-state index contributed by atoms with van der Waals surface area (Å²) >= 11 is 8.52. The number of carbonyl (C=O) groups is 4. The summed E-state index contributed by atoms with van der Waals surface area (Å²) in [7, 11) is 2.04. The molecule has 4 fully saturated rings. The van der Waals surface area contributed by atoms with Crippen LogP contribution in [0.1, 0.15) is 90.4 Å². The van der Waals surface area contributed by atoms with Crippen LogP contribution >= 0.6 is 22.9 Å². The molecule has 21 heteroatoms. The van der Waals surface area contributed by atoms with Gasteiger partial charge >= 0.3 is 6.01 Å². The van der Waals surface area contributed by atoms with Gasteiger partial charge in [0.25, 0.3) is 0 Å². The van der Waals surface area contributed by atoms with Gasteiger partial charge in [-0.3, -0.25) is 33.9 Å². The van der Waals surface area contributed by atoms with Gasteiger partial charge in [0.15, 0.2) is 17.1 Å². The number of aromatic hydroxyl groups is 1. The number of β-amino-alcohol motifs (C(OH)–C–C–N with tert-alkyl or cyclic N) is 1. The van der Waals surface area contributed by atoms with Crippen molar-refractivity contribution in [3.63, 3.8) is 0 Å². The number of fused-ring (bicyclic) bond motifs is 2. The molecule has 4 aromatic carbocycles. The number of phenolic OH excluding ortho intramolecular Hbond substituents is 1. The molecule has 2 aromatic heterocycles. The Balaban J connectivity index is 0.771. The smallest absolute Gasteiger partial charge is 0.319 e. The highest BCUT2D eigenvalue weighted by Crippen LogP contribution is 2.45. The zero-order valence-electron chi connectivity index (χ0n) is 49.6. The molecule has 1 aliphatic carbocycles. The summed E-state index contributed by atoms with van der Waals surface area (Å²) in [5, 5.41) is 26.8. The number of ketones is 1. The molecule has 4 aliphatic rings. The number of nitrogens with two attached hydrogens (primary N) is 1. The lowest BCUT2D eigenvalue weighted by atomic mass is 9.75. The van der Waals surface area contributed by atoms with E-state index in [2.05, 4.69) is 26.7 Å².